The zero-order valence-corrected chi connectivity index (χ0v) is 12.2. The van der Waals surface area contributed by atoms with E-state index in [-0.39, 0.29) is 24.4 Å². The van der Waals surface area contributed by atoms with Crippen LogP contribution in [0.25, 0.3) is 0 Å². The molecular weight excluding hydrogens is 256 g/mol. The summed E-state index contributed by atoms with van der Waals surface area (Å²) in [7, 11) is 1.65. The van der Waals surface area contributed by atoms with Crippen molar-refractivity contribution >= 4 is 11.8 Å². The van der Waals surface area contributed by atoms with Gasteiger partial charge in [-0.25, -0.2) is 0 Å². The molecule has 110 valence electrons. The first-order valence-corrected chi connectivity index (χ1v) is 7.14. The average molecular weight is 278 g/mol. The summed E-state index contributed by atoms with van der Waals surface area (Å²) in [6, 6.07) is 3.77. The smallest absolute Gasteiger partial charge is 0.242 e. The minimum Gasteiger partial charge on any atom is -0.467 e. The van der Waals surface area contributed by atoms with E-state index in [2.05, 4.69) is 0 Å². The molecule has 1 unspecified atom stereocenters. The van der Waals surface area contributed by atoms with Crippen LogP contribution in [-0.4, -0.2) is 41.8 Å². The number of nitrogens with zero attached hydrogens (tertiary/aromatic N) is 2. The van der Waals surface area contributed by atoms with E-state index in [1.54, 1.807) is 13.3 Å². The van der Waals surface area contributed by atoms with Crippen LogP contribution in [0.3, 0.4) is 0 Å². The molecule has 0 aromatic carbocycles. The normalized spacial score (nSPS) is 19.5. The minimum absolute atomic E-state index is 0.000332. The molecule has 0 spiro atoms. The first-order chi connectivity index (χ1) is 9.59. The molecule has 1 saturated heterocycles. The maximum Gasteiger partial charge on any atom is 0.242 e. The Hall–Kier alpha value is -1.78. The average Bonchev–Trinajstić information content (AvgIpc) is 2.82. The quantitative estimate of drug-likeness (QED) is 0.851. The third-order valence-corrected chi connectivity index (χ3v) is 3.85. The van der Waals surface area contributed by atoms with Gasteiger partial charge in [-0.05, 0) is 25.0 Å². The molecule has 1 aromatic heterocycles. The van der Waals surface area contributed by atoms with Crippen LogP contribution in [0.5, 0.6) is 0 Å². The highest BCUT2D eigenvalue weighted by atomic mass is 16.3. The zero-order chi connectivity index (χ0) is 14.5. The van der Waals surface area contributed by atoms with E-state index in [4.69, 9.17) is 4.42 Å². The molecular formula is C15H22N2O3. The lowest BCUT2D eigenvalue weighted by molar-refractivity contribution is -0.140. The summed E-state index contributed by atoms with van der Waals surface area (Å²) in [6.45, 7) is 2.34. The molecule has 1 fully saturated rings. The van der Waals surface area contributed by atoms with E-state index in [1.165, 1.54) is 11.8 Å². The molecule has 2 amide bonds. The highest BCUT2D eigenvalue weighted by Gasteiger charge is 2.29. The van der Waals surface area contributed by atoms with Crippen LogP contribution in [0, 0.1) is 0 Å². The molecule has 2 heterocycles. The maximum absolute atomic E-state index is 12.5. The maximum atomic E-state index is 12.5. The summed E-state index contributed by atoms with van der Waals surface area (Å²) < 4.78 is 5.49. The Morgan fingerprint density at radius 2 is 2.20 bits per heavy atom. The van der Waals surface area contributed by atoms with E-state index in [0.717, 1.165) is 38.0 Å². The van der Waals surface area contributed by atoms with Crippen LogP contribution in [0.15, 0.2) is 22.8 Å². The number of furan rings is 1. The summed E-state index contributed by atoms with van der Waals surface area (Å²) >= 11 is 0. The second-order valence-corrected chi connectivity index (χ2v) is 5.34. The predicted octanol–water partition coefficient (Wildman–Crippen LogP) is 2.20. The fraction of sp³-hybridized carbons (Fsp3) is 0.600. The summed E-state index contributed by atoms with van der Waals surface area (Å²) in [4.78, 5) is 27.1. The van der Waals surface area contributed by atoms with Gasteiger partial charge in [-0.1, -0.05) is 12.8 Å². The van der Waals surface area contributed by atoms with Gasteiger partial charge >= 0.3 is 0 Å². The van der Waals surface area contributed by atoms with Crippen molar-refractivity contribution in [1.82, 2.24) is 9.80 Å². The first-order valence-electron chi connectivity index (χ1n) is 7.14. The van der Waals surface area contributed by atoms with Crippen LogP contribution >= 0.6 is 0 Å². The van der Waals surface area contributed by atoms with Crippen molar-refractivity contribution in [3.63, 3.8) is 0 Å². The van der Waals surface area contributed by atoms with Gasteiger partial charge in [-0.2, -0.15) is 0 Å². The highest BCUT2D eigenvalue weighted by Crippen LogP contribution is 2.30. The summed E-state index contributed by atoms with van der Waals surface area (Å²) in [5.41, 5.74) is 0. The fourth-order valence-corrected chi connectivity index (χ4v) is 2.59. The molecule has 20 heavy (non-hydrogen) atoms. The van der Waals surface area contributed by atoms with Gasteiger partial charge in [0.2, 0.25) is 11.8 Å². The number of amides is 2. The summed E-state index contributed by atoms with van der Waals surface area (Å²) in [5, 5.41) is 0. The zero-order valence-electron chi connectivity index (χ0n) is 12.2. The van der Waals surface area contributed by atoms with Gasteiger partial charge in [-0.15, -0.1) is 0 Å². The number of likely N-dealkylation sites (N-methyl/N-ethyl adjacent to an activating group) is 1. The first kappa shape index (κ1) is 14.6. The van der Waals surface area contributed by atoms with E-state index < -0.39 is 0 Å². The SMILES string of the molecule is CC(=O)N(C)CC(=O)N1CCCCCC1c1ccco1. The van der Waals surface area contributed by atoms with E-state index in [1.807, 2.05) is 17.0 Å². The van der Waals surface area contributed by atoms with Crippen LogP contribution < -0.4 is 0 Å². The Morgan fingerprint density at radius 1 is 1.40 bits per heavy atom. The van der Waals surface area contributed by atoms with Crippen LogP contribution in [0.4, 0.5) is 0 Å². The van der Waals surface area contributed by atoms with Crippen molar-refractivity contribution in [2.24, 2.45) is 0 Å². The van der Waals surface area contributed by atoms with Gasteiger partial charge in [-0.3, -0.25) is 9.59 Å². The number of likely N-dealkylation sites (tertiary alicyclic amines) is 1. The number of carbonyl (C=O) groups is 2. The molecule has 5 heteroatoms. The van der Waals surface area contributed by atoms with Gasteiger partial charge in [0.05, 0.1) is 18.8 Å². The Labute approximate surface area is 119 Å². The van der Waals surface area contributed by atoms with Crippen molar-refractivity contribution in [2.75, 3.05) is 20.1 Å². The third-order valence-electron chi connectivity index (χ3n) is 3.85. The van der Waals surface area contributed by atoms with Crippen LogP contribution in [0.2, 0.25) is 0 Å². The Kier molecular flexibility index (Phi) is 4.82. The second kappa shape index (κ2) is 6.59. The van der Waals surface area contributed by atoms with Crippen molar-refractivity contribution < 1.29 is 14.0 Å². The number of rotatable bonds is 3. The molecule has 0 aliphatic carbocycles. The van der Waals surface area contributed by atoms with Gasteiger partial charge < -0.3 is 14.2 Å². The molecule has 0 N–H and O–H groups in total. The Bertz CT molecular complexity index is 456. The molecule has 0 bridgehead atoms. The molecule has 0 radical (unpaired) electrons. The third kappa shape index (κ3) is 3.40. The van der Waals surface area contributed by atoms with Crippen molar-refractivity contribution in [3.8, 4) is 0 Å². The molecule has 1 aliphatic heterocycles. The van der Waals surface area contributed by atoms with Crippen molar-refractivity contribution in [1.29, 1.82) is 0 Å². The van der Waals surface area contributed by atoms with Gasteiger partial charge in [0.25, 0.3) is 0 Å². The Balaban J connectivity index is 2.12. The summed E-state index contributed by atoms with van der Waals surface area (Å²) in [5.74, 6) is 0.736. The lowest BCUT2D eigenvalue weighted by Crippen LogP contribution is -2.42. The summed E-state index contributed by atoms with van der Waals surface area (Å²) in [6.07, 6.45) is 5.79. The fourth-order valence-electron chi connectivity index (χ4n) is 2.59. The number of hydrogen-bond acceptors (Lipinski definition) is 3. The molecule has 1 aliphatic rings. The Morgan fingerprint density at radius 3 is 2.85 bits per heavy atom. The molecule has 5 nitrogen and oxygen atoms in total. The number of hydrogen-bond donors (Lipinski definition) is 0. The number of carbonyl (C=O) groups excluding carboxylic acids is 2. The standard InChI is InChI=1S/C15H22N2O3/c1-12(18)16(2)11-15(19)17-9-5-3-4-7-13(17)14-8-6-10-20-14/h6,8,10,13H,3-5,7,9,11H2,1-2H3. The topological polar surface area (TPSA) is 53.8 Å². The van der Waals surface area contributed by atoms with Gasteiger partial charge in [0, 0.05) is 20.5 Å². The molecule has 1 atom stereocenters. The van der Waals surface area contributed by atoms with Crippen LogP contribution in [0.1, 0.15) is 44.4 Å². The second-order valence-electron chi connectivity index (χ2n) is 5.34. The van der Waals surface area contributed by atoms with E-state index >= 15 is 0 Å². The minimum atomic E-state index is -0.0947. The van der Waals surface area contributed by atoms with E-state index in [9.17, 15) is 9.59 Å². The molecule has 1 aromatic rings. The van der Waals surface area contributed by atoms with Gasteiger partial charge in [0.1, 0.15) is 5.76 Å². The van der Waals surface area contributed by atoms with Crippen molar-refractivity contribution in [3.05, 3.63) is 24.2 Å². The molecule has 0 saturated carbocycles. The van der Waals surface area contributed by atoms with Crippen molar-refractivity contribution in [2.45, 2.75) is 38.6 Å². The molecule has 2 rings (SSSR count). The monoisotopic (exact) mass is 278 g/mol. The van der Waals surface area contributed by atoms with Crippen LogP contribution in [-0.2, 0) is 9.59 Å². The lowest BCUT2D eigenvalue weighted by atomic mass is 10.1. The van der Waals surface area contributed by atoms with Gasteiger partial charge in [0.15, 0.2) is 0 Å². The predicted molar refractivity (Wildman–Crippen MR) is 74.9 cm³/mol. The highest BCUT2D eigenvalue weighted by molar-refractivity contribution is 5.83. The lowest BCUT2D eigenvalue weighted by Gasteiger charge is -2.30. The largest absolute Gasteiger partial charge is 0.467 e. The van der Waals surface area contributed by atoms with E-state index in [0.29, 0.717) is 0 Å².